The predicted molar refractivity (Wildman–Crippen MR) is 88.9 cm³/mol. The molecule has 0 saturated heterocycles. The molecule has 0 bridgehead atoms. The van der Waals surface area contributed by atoms with Gasteiger partial charge in [0.15, 0.2) is 11.5 Å². The highest BCUT2D eigenvalue weighted by molar-refractivity contribution is 5.47. The molecule has 1 aromatic carbocycles. The number of aromatic nitrogens is 1. The number of benzene rings is 1. The van der Waals surface area contributed by atoms with Gasteiger partial charge in [0.1, 0.15) is 30.3 Å². The van der Waals surface area contributed by atoms with E-state index in [1.165, 1.54) is 30.3 Å². The predicted octanol–water partition coefficient (Wildman–Crippen LogP) is 2.41. The van der Waals surface area contributed by atoms with E-state index in [0.717, 1.165) is 0 Å². The summed E-state index contributed by atoms with van der Waals surface area (Å²) in [7, 11) is 0. The van der Waals surface area contributed by atoms with Gasteiger partial charge < -0.3 is 25.4 Å². The zero-order valence-corrected chi connectivity index (χ0v) is 13.1. The highest BCUT2D eigenvalue weighted by Gasteiger charge is 2.30. The molecule has 25 heavy (non-hydrogen) atoms. The summed E-state index contributed by atoms with van der Waals surface area (Å²) in [5, 5.41) is 32.6. The lowest BCUT2D eigenvalue weighted by Gasteiger charge is -2.28. The fourth-order valence-electron chi connectivity index (χ4n) is 2.45. The van der Waals surface area contributed by atoms with Crippen LogP contribution in [0.5, 0.6) is 0 Å². The van der Waals surface area contributed by atoms with Crippen molar-refractivity contribution in [1.82, 2.24) is 4.98 Å². The molecule has 0 fully saturated rings. The van der Waals surface area contributed by atoms with Gasteiger partial charge in [0.05, 0.1) is 5.69 Å². The third-order valence-electron chi connectivity index (χ3n) is 3.67. The quantitative estimate of drug-likeness (QED) is 0.665. The van der Waals surface area contributed by atoms with Crippen molar-refractivity contribution < 1.29 is 24.4 Å². The summed E-state index contributed by atoms with van der Waals surface area (Å²) in [6.07, 6.45) is 1.49. The van der Waals surface area contributed by atoms with E-state index in [4.69, 9.17) is 4.74 Å². The summed E-state index contributed by atoms with van der Waals surface area (Å²) in [6.45, 7) is -0.431. The van der Waals surface area contributed by atoms with Crippen molar-refractivity contribution in [2.45, 2.75) is 12.1 Å². The Bertz CT molecular complexity index is 790. The van der Waals surface area contributed by atoms with E-state index in [2.05, 4.69) is 10.3 Å². The van der Waals surface area contributed by atoms with Gasteiger partial charge in [-0.1, -0.05) is 6.07 Å². The first kappa shape index (κ1) is 16.9. The second-order valence-electron chi connectivity index (χ2n) is 5.43. The molecule has 1 aromatic heterocycles. The molecule has 4 N–H and O–H groups in total. The number of ether oxygens (including phenoxy) is 1. The van der Waals surface area contributed by atoms with Crippen LogP contribution in [0.2, 0.25) is 0 Å². The third kappa shape index (κ3) is 3.78. The number of rotatable bonds is 5. The number of nitrogens with one attached hydrogen (secondary N) is 1. The van der Waals surface area contributed by atoms with Gasteiger partial charge in [-0.15, -0.1) is 0 Å². The summed E-state index contributed by atoms with van der Waals surface area (Å²) in [4.78, 5) is 4.25. The van der Waals surface area contributed by atoms with Crippen LogP contribution in [0.4, 0.5) is 10.1 Å². The minimum absolute atomic E-state index is 0.0158. The number of nitrogens with zero attached hydrogens (tertiary/aromatic N) is 1. The maximum absolute atomic E-state index is 13.1. The van der Waals surface area contributed by atoms with Crippen molar-refractivity contribution in [3.05, 3.63) is 83.5 Å². The second-order valence-corrected chi connectivity index (χ2v) is 5.43. The van der Waals surface area contributed by atoms with E-state index in [0.29, 0.717) is 11.4 Å². The summed E-state index contributed by atoms with van der Waals surface area (Å²) in [6, 6.07) is 10.1. The van der Waals surface area contributed by atoms with E-state index in [1.807, 2.05) is 0 Å². The van der Waals surface area contributed by atoms with Crippen LogP contribution >= 0.6 is 0 Å². The van der Waals surface area contributed by atoms with Crippen LogP contribution in [0.3, 0.4) is 0 Å². The normalized spacial score (nSPS) is 18.4. The Balaban J connectivity index is 1.99. The number of anilines is 1. The van der Waals surface area contributed by atoms with Crippen LogP contribution in [-0.4, -0.2) is 33.0 Å². The highest BCUT2D eigenvalue weighted by atomic mass is 19.1. The molecule has 0 amide bonds. The minimum atomic E-state index is -1.30. The van der Waals surface area contributed by atoms with Crippen molar-refractivity contribution in [1.29, 1.82) is 0 Å². The van der Waals surface area contributed by atoms with Gasteiger partial charge in [0, 0.05) is 11.9 Å². The lowest BCUT2D eigenvalue weighted by molar-refractivity contribution is 0.121. The average molecular weight is 344 g/mol. The highest BCUT2D eigenvalue weighted by Crippen LogP contribution is 2.33. The molecule has 0 saturated carbocycles. The van der Waals surface area contributed by atoms with E-state index in [9.17, 15) is 19.7 Å². The Morgan fingerprint density at radius 3 is 2.60 bits per heavy atom. The van der Waals surface area contributed by atoms with Crippen LogP contribution in [-0.2, 0) is 4.74 Å². The molecule has 0 radical (unpaired) electrons. The van der Waals surface area contributed by atoms with Crippen LogP contribution < -0.4 is 5.32 Å². The largest absolute Gasteiger partial charge is 0.506 e. The van der Waals surface area contributed by atoms with Crippen LogP contribution in [0.1, 0.15) is 11.7 Å². The van der Waals surface area contributed by atoms with Crippen LogP contribution in [0.15, 0.2) is 72.0 Å². The number of hydrogen-bond acceptors (Lipinski definition) is 6. The van der Waals surface area contributed by atoms with Gasteiger partial charge in [-0.05, 0) is 42.5 Å². The summed E-state index contributed by atoms with van der Waals surface area (Å²) >= 11 is 0. The summed E-state index contributed by atoms with van der Waals surface area (Å²) in [5.41, 5.74) is 1.08. The first-order valence-corrected chi connectivity index (χ1v) is 7.62. The fraction of sp³-hybridized carbons (Fsp3) is 0.167. The molecule has 130 valence electrons. The standard InChI is InChI=1S/C18H17FN2O4/c19-11-4-6-12(7-5-11)21-16(14-3-1-2-8-20-14)18-17(24)15(23)9-13(10-22)25-18/h1-9,15-16,21-24H,10H2. The van der Waals surface area contributed by atoms with Crippen LogP contribution in [0.25, 0.3) is 0 Å². The topological polar surface area (TPSA) is 94.8 Å². The number of aliphatic hydroxyl groups excluding tert-OH is 3. The number of pyridine rings is 1. The summed E-state index contributed by atoms with van der Waals surface area (Å²) < 4.78 is 18.7. The zero-order chi connectivity index (χ0) is 17.8. The zero-order valence-electron chi connectivity index (χ0n) is 13.1. The molecule has 2 atom stereocenters. The lowest BCUT2D eigenvalue weighted by Crippen LogP contribution is -2.25. The number of aliphatic hydroxyl groups is 3. The molecule has 7 heteroatoms. The average Bonchev–Trinajstić information content (AvgIpc) is 2.64. The Kier molecular flexibility index (Phi) is 4.97. The Labute approximate surface area is 143 Å². The van der Waals surface area contributed by atoms with Gasteiger partial charge >= 0.3 is 0 Å². The molecule has 1 aliphatic heterocycles. The van der Waals surface area contributed by atoms with Gasteiger partial charge in [-0.2, -0.15) is 0 Å². The lowest BCUT2D eigenvalue weighted by atomic mass is 10.0. The van der Waals surface area contributed by atoms with Crippen LogP contribution in [0, 0.1) is 5.82 Å². The van der Waals surface area contributed by atoms with Crippen molar-refractivity contribution in [3.63, 3.8) is 0 Å². The molecule has 2 aromatic rings. The molecule has 0 aliphatic carbocycles. The van der Waals surface area contributed by atoms with Crippen molar-refractivity contribution in [3.8, 4) is 0 Å². The SMILES string of the molecule is OCC1=CC(O)C(O)=C(C(Nc2ccc(F)cc2)c2ccccn2)O1. The molecule has 3 rings (SSSR count). The second kappa shape index (κ2) is 7.33. The molecule has 2 heterocycles. The summed E-state index contributed by atoms with van der Waals surface area (Å²) in [5.74, 6) is -0.636. The molecular weight excluding hydrogens is 327 g/mol. The van der Waals surface area contributed by atoms with E-state index in [-0.39, 0.29) is 23.1 Å². The van der Waals surface area contributed by atoms with E-state index < -0.39 is 18.8 Å². The third-order valence-corrected chi connectivity index (χ3v) is 3.67. The molecule has 0 spiro atoms. The fourth-order valence-corrected chi connectivity index (χ4v) is 2.45. The number of halogens is 1. The van der Waals surface area contributed by atoms with Crippen molar-refractivity contribution in [2.24, 2.45) is 0 Å². The smallest absolute Gasteiger partial charge is 0.172 e. The monoisotopic (exact) mass is 344 g/mol. The molecule has 1 aliphatic rings. The Hall–Kier alpha value is -2.90. The Morgan fingerprint density at radius 1 is 1.20 bits per heavy atom. The molecule has 2 unspecified atom stereocenters. The van der Waals surface area contributed by atoms with Gasteiger partial charge in [0.2, 0.25) is 0 Å². The van der Waals surface area contributed by atoms with Gasteiger partial charge in [-0.3, -0.25) is 4.98 Å². The van der Waals surface area contributed by atoms with Crippen molar-refractivity contribution >= 4 is 5.69 Å². The first-order chi connectivity index (χ1) is 12.1. The Morgan fingerprint density at radius 2 is 1.96 bits per heavy atom. The maximum Gasteiger partial charge on any atom is 0.172 e. The number of hydrogen-bond donors (Lipinski definition) is 4. The van der Waals surface area contributed by atoms with Crippen molar-refractivity contribution in [2.75, 3.05) is 11.9 Å². The van der Waals surface area contributed by atoms with E-state index in [1.54, 1.807) is 24.4 Å². The minimum Gasteiger partial charge on any atom is -0.506 e. The maximum atomic E-state index is 13.1. The first-order valence-electron chi connectivity index (χ1n) is 7.62. The molecule has 6 nitrogen and oxygen atoms in total. The van der Waals surface area contributed by atoms with E-state index >= 15 is 0 Å². The van der Waals surface area contributed by atoms with Gasteiger partial charge in [0.25, 0.3) is 0 Å². The van der Waals surface area contributed by atoms with Gasteiger partial charge in [-0.25, -0.2) is 4.39 Å². The molecular formula is C18H17FN2O4.